The van der Waals surface area contributed by atoms with Gasteiger partial charge in [0.05, 0.1) is 6.54 Å². The number of rotatable bonds is 4. The lowest BCUT2D eigenvalue weighted by Crippen LogP contribution is -2.33. The molecule has 0 spiro atoms. The second-order valence-electron chi connectivity index (χ2n) is 4.56. The normalized spacial score (nSPS) is 10.0. The number of benzene rings is 2. The van der Waals surface area contributed by atoms with Crippen LogP contribution in [0, 0.1) is 6.92 Å². The zero-order valence-corrected chi connectivity index (χ0v) is 13.1. The lowest BCUT2D eigenvalue weighted by molar-refractivity contribution is 0.0996. The number of halogens is 1. The third-order valence-electron chi connectivity index (χ3n) is 2.95. The van der Waals surface area contributed by atoms with E-state index >= 15 is 0 Å². The second-order valence-corrected chi connectivity index (χ2v) is 5.40. The molecule has 0 amide bonds. The van der Waals surface area contributed by atoms with Crippen molar-refractivity contribution in [2.45, 2.75) is 6.92 Å². The Kier molecular flexibility index (Phi) is 5.31. The van der Waals surface area contributed by atoms with Crippen LogP contribution in [0.5, 0.6) is 0 Å². The van der Waals surface area contributed by atoms with Crippen LogP contribution < -0.4 is 10.6 Å². The minimum atomic E-state index is -0.0635. The monoisotopic (exact) mass is 318 g/mol. The summed E-state index contributed by atoms with van der Waals surface area (Å²) in [6.07, 6.45) is 0. The zero-order chi connectivity index (χ0) is 15.2. The van der Waals surface area contributed by atoms with Gasteiger partial charge in [0.15, 0.2) is 10.9 Å². The first-order chi connectivity index (χ1) is 10.1. The summed E-state index contributed by atoms with van der Waals surface area (Å²) < 4.78 is 0. The van der Waals surface area contributed by atoms with Crippen molar-refractivity contribution in [2.24, 2.45) is 0 Å². The first-order valence-electron chi connectivity index (χ1n) is 6.45. The number of nitrogens with one attached hydrogen (secondary N) is 2. The Morgan fingerprint density at radius 2 is 1.95 bits per heavy atom. The highest BCUT2D eigenvalue weighted by Gasteiger charge is 2.07. The number of hydrogen-bond acceptors (Lipinski definition) is 2. The molecular formula is C16H15ClN2OS. The van der Waals surface area contributed by atoms with Crippen molar-refractivity contribution >= 4 is 40.4 Å². The fourth-order valence-corrected chi connectivity index (χ4v) is 2.18. The van der Waals surface area contributed by atoms with Crippen molar-refractivity contribution in [1.82, 2.24) is 5.32 Å². The fraction of sp³-hybridized carbons (Fsp3) is 0.125. The van der Waals surface area contributed by atoms with E-state index in [1.807, 2.05) is 31.2 Å². The first kappa shape index (κ1) is 15.5. The standard InChI is InChI=1S/C16H15ClN2OS/c1-11-5-2-3-8-14(11)19-16(21)18-10-15(20)12-6-4-7-13(17)9-12/h2-9H,10H2,1H3,(H2,18,19,21). The highest BCUT2D eigenvalue weighted by Crippen LogP contribution is 2.13. The second kappa shape index (κ2) is 7.20. The maximum absolute atomic E-state index is 12.0. The van der Waals surface area contributed by atoms with Crippen molar-refractivity contribution in [3.05, 3.63) is 64.7 Å². The molecule has 0 unspecified atom stereocenters. The summed E-state index contributed by atoms with van der Waals surface area (Å²) >= 11 is 11.1. The molecule has 5 heteroatoms. The van der Waals surface area contributed by atoms with Crippen LogP contribution in [-0.4, -0.2) is 17.4 Å². The van der Waals surface area contributed by atoms with E-state index in [1.165, 1.54) is 0 Å². The Bertz CT molecular complexity index is 673. The molecular weight excluding hydrogens is 304 g/mol. The van der Waals surface area contributed by atoms with Crippen molar-refractivity contribution in [3.63, 3.8) is 0 Å². The van der Waals surface area contributed by atoms with E-state index in [9.17, 15) is 4.79 Å². The summed E-state index contributed by atoms with van der Waals surface area (Å²) in [6, 6.07) is 14.7. The number of ketones is 1. The van der Waals surface area contributed by atoms with Crippen LogP contribution in [0.3, 0.4) is 0 Å². The summed E-state index contributed by atoms with van der Waals surface area (Å²) in [4.78, 5) is 12.0. The van der Waals surface area contributed by atoms with Crippen molar-refractivity contribution in [2.75, 3.05) is 11.9 Å². The number of anilines is 1. The van der Waals surface area contributed by atoms with Gasteiger partial charge in [-0.15, -0.1) is 0 Å². The Labute approximate surface area is 134 Å². The lowest BCUT2D eigenvalue weighted by atomic mass is 10.1. The molecule has 0 bridgehead atoms. The van der Waals surface area contributed by atoms with Gasteiger partial charge in [0.2, 0.25) is 0 Å². The Morgan fingerprint density at radius 1 is 1.19 bits per heavy atom. The highest BCUT2D eigenvalue weighted by atomic mass is 35.5. The minimum absolute atomic E-state index is 0.0635. The number of thiocarbonyl (C=S) groups is 1. The molecule has 0 saturated heterocycles. The third kappa shape index (κ3) is 4.55. The molecule has 0 radical (unpaired) electrons. The van der Waals surface area contributed by atoms with E-state index in [2.05, 4.69) is 10.6 Å². The molecule has 0 atom stereocenters. The van der Waals surface area contributed by atoms with Gasteiger partial charge in [0, 0.05) is 16.3 Å². The number of Topliss-reactive ketones (excluding diaryl/α,β-unsaturated/α-hetero) is 1. The van der Waals surface area contributed by atoms with E-state index < -0.39 is 0 Å². The summed E-state index contributed by atoms with van der Waals surface area (Å²) in [5.74, 6) is -0.0635. The molecule has 0 aromatic heterocycles. The van der Waals surface area contributed by atoms with Crippen LogP contribution in [-0.2, 0) is 0 Å². The maximum atomic E-state index is 12.0. The molecule has 0 aliphatic rings. The Balaban J connectivity index is 1.90. The van der Waals surface area contributed by atoms with Gasteiger partial charge in [-0.3, -0.25) is 4.79 Å². The average Bonchev–Trinajstić information content (AvgIpc) is 2.47. The molecule has 0 heterocycles. The number of carbonyl (C=O) groups excluding carboxylic acids is 1. The molecule has 2 rings (SSSR count). The van der Waals surface area contributed by atoms with Gasteiger partial charge in [-0.05, 0) is 42.9 Å². The summed E-state index contributed by atoms with van der Waals surface area (Å²) in [5.41, 5.74) is 2.57. The Hall–Kier alpha value is -1.91. The Morgan fingerprint density at radius 3 is 2.67 bits per heavy atom. The summed E-state index contributed by atoms with van der Waals surface area (Å²) in [6.45, 7) is 2.11. The van der Waals surface area contributed by atoms with Gasteiger partial charge in [-0.2, -0.15) is 0 Å². The number of carbonyl (C=O) groups is 1. The SMILES string of the molecule is Cc1ccccc1NC(=S)NCC(=O)c1cccc(Cl)c1. The molecule has 2 aromatic carbocycles. The van der Waals surface area contributed by atoms with Gasteiger partial charge in [0.25, 0.3) is 0 Å². The smallest absolute Gasteiger partial charge is 0.181 e. The average molecular weight is 319 g/mol. The first-order valence-corrected chi connectivity index (χ1v) is 7.24. The molecule has 3 nitrogen and oxygen atoms in total. The van der Waals surface area contributed by atoms with Crippen LogP contribution in [0.15, 0.2) is 48.5 Å². The van der Waals surface area contributed by atoms with E-state index in [0.717, 1.165) is 11.3 Å². The van der Waals surface area contributed by atoms with Crippen molar-refractivity contribution in [1.29, 1.82) is 0 Å². The highest BCUT2D eigenvalue weighted by molar-refractivity contribution is 7.80. The molecule has 0 aliphatic heterocycles. The van der Waals surface area contributed by atoms with Crippen molar-refractivity contribution < 1.29 is 4.79 Å². The molecule has 0 fully saturated rings. The number of para-hydroxylation sites is 1. The number of aryl methyl sites for hydroxylation is 1. The van der Waals surface area contributed by atoms with E-state index in [0.29, 0.717) is 15.7 Å². The largest absolute Gasteiger partial charge is 0.355 e. The van der Waals surface area contributed by atoms with Gasteiger partial charge < -0.3 is 10.6 Å². The van der Waals surface area contributed by atoms with Gasteiger partial charge in [0.1, 0.15) is 0 Å². The van der Waals surface area contributed by atoms with Gasteiger partial charge in [-0.25, -0.2) is 0 Å². The minimum Gasteiger partial charge on any atom is -0.355 e. The molecule has 21 heavy (non-hydrogen) atoms. The predicted molar refractivity (Wildman–Crippen MR) is 91.2 cm³/mol. The summed E-state index contributed by atoms with van der Waals surface area (Å²) in [5, 5.41) is 6.93. The molecule has 108 valence electrons. The fourth-order valence-electron chi connectivity index (χ4n) is 1.80. The number of hydrogen-bond donors (Lipinski definition) is 2. The topological polar surface area (TPSA) is 41.1 Å². The van der Waals surface area contributed by atoms with Crippen LogP contribution >= 0.6 is 23.8 Å². The lowest BCUT2D eigenvalue weighted by Gasteiger charge is -2.12. The molecule has 0 saturated carbocycles. The van der Waals surface area contributed by atoms with Crippen LogP contribution in [0.2, 0.25) is 5.02 Å². The zero-order valence-electron chi connectivity index (χ0n) is 11.5. The van der Waals surface area contributed by atoms with Crippen molar-refractivity contribution in [3.8, 4) is 0 Å². The van der Waals surface area contributed by atoms with Crippen LogP contribution in [0.4, 0.5) is 5.69 Å². The van der Waals surface area contributed by atoms with E-state index in [1.54, 1.807) is 24.3 Å². The molecule has 0 aliphatic carbocycles. The molecule has 2 N–H and O–H groups in total. The van der Waals surface area contributed by atoms with E-state index in [-0.39, 0.29) is 12.3 Å². The van der Waals surface area contributed by atoms with Crippen LogP contribution in [0.1, 0.15) is 15.9 Å². The van der Waals surface area contributed by atoms with Gasteiger partial charge >= 0.3 is 0 Å². The quantitative estimate of drug-likeness (QED) is 0.664. The van der Waals surface area contributed by atoms with Crippen LogP contribution in [0.25, 0.3) is 0 Å². The maximum Gasteiger partial charge on any atom is 0.181 e. The molecule has 2 aromatic rings. The summed E-state index contributed by atoms with van der Waals surface area (Å²) in [7, 11) is 0. The van der Waals surface area contributed by atoms with Gasteiger partial charge in [-0.1, -0.05) is 41.9 Å². The van der Waals surface area contributed by atoms with E-state index in [4.69, 9.17) is 23.8 Å². The predicted octanol–water partition coefficient (Wildman–Crippen LogP) is 3.82. The third-order valence-corrected chi connectivity index (χ3v) is 3.43.